The lowest BCUT2D eigenvalue weighted by atomic mass is 10.0. The van der Waals surface area contributed by atoms with E-state index in [0.717, 1.165) is 44.9 Å². The molecule has 0 aromatic carbocycles. The van der Waals surface area contributed by atoms with Gasteiger partial charge in [0.25, 0.3) is 7.82 Å². The summed E-state index contributed by atoms with van der Waals surface area (Å²) in [6.45, 7) is 4.27. The number of hydrogen-bond acceptors (Lipinski definition) is 8. The summed E-state index contributed by atoms with van der Waals surface area (Å²) in [5.74, 6) is -0.819. The number of carbonyl (C=O) groups excluding carboxylic acids is 2. The third-order valence-electron chi connectivity index (χ3n) is 15.3. The first-order chi connectivity index (χ1) is 39.0. The van der Waals surface area contributed by atoms with E-state index in [1.54, 1.807) is 0 Å². The minimum Gasteiger partial charge on any atom is -0.756 e. The van der Waals surface area contributed by atoms with E-state index < -0.39 is 26.5 Å². The molecule has 0 saturated carbocycles. The Labute approximate surface area is 496 Å². The van der Waals surface area contributed by atoms with E-state index >= 15 is 0 Å². The molecule has 10 heteroatoms. The van der Waals surface area contributed by atoms with Gasteiger partial charge in [0.15, 0.2) is 6.10 Å². The van der Waals surface area contributed by atoms with E-state index in [2.05, 4.69) is 62.5 Å². The number of phosphoric acid groups is 1. The van der Waals surface area contributed by atoms with E-state index in [9.17, 15) is 19.0 Å². The maximum atomic E-state index is 12.8. The molecule has 0 aliphatic carbocycles. The van der Waals surface area contributed by atoms with Crippen molar-refractivity contribution in [1.29, 1.82) is 0 Å². The summed E-state index contributed by atoms with van der Waals surface area (Å²) in [7, 11) is 1.18. The Morgan fingerprint density at radius 3 is 1.01 bits per heavy atom. The zero-order valence-electron chi connectivity index (χ0n) is 53.5. The van der Waals surface area contributed by atoms with Crippen LogP contribution in [0, 0.1) is 0 Å². The highest BCUT2D eigenvalue weighted by atomic mass is 31.2. The summed E-state index contributed by atoms with van der Waals surface area (Å²) in [6, 6.07) is 0. The number of esters is 2. The quantitative estimate of drug-likeness (QED) is 0.0195. The van der Waals surface area contributed by atoms with E-state index in [1.165, 1.54) is 257 Å². The lowest BCUT2D eigenvalue weighted by Crippen LogP contribution is -2.37. The van der Waals surface area contributed by atoms with Crippen LogP contribution in [-0.4, -0.2) is 70.0 Å². The summed E-state index contributed by atoms with van der Waals surface area (Å²) < 4.78 is 34.3. The number of ether oxygens (including phenoxy) is 2. The second-order valence-electron chi connectivity index (χ2n) is 24.5. The Balaban J connectivity index is 3.95. The van der Waals surface area contributed by atoms with Gasteiger partial charge in [-0.2, -0.15) is 0 Å². The zero-order valence-corrected chi connectivity index (χ0v) is 54.4. The summed E-state index contributed by atoms with van der Waals surface area (Å²) in [6.07, 6.45) is 79.1. The van der Waals surface area contributed by atoms with Gasteiger partial charge >= 0.3 is 11.9 Å². The van der Waals surface area contributed by atoms with Gasteiger partial charge in [-0.1, -0.05) is 294 Å². The molecule has 0 N–H and O–H groups in total. The molecule has 0 fully saturated rings. The van der Waals surface area contributed by atoms with Crippen LogP contribution in [0.1, 0.15) is 335 Å². The molecule has 470 valence electrons. The number of unbranched alkanes of at least 4 members (excludes halogenated alkanes) is 42. The monoisotopic (exact) mass is 1150 g/mol. The average molecular weight is 1150 g/mol. The minimum absolute atomic E-state index is 0.0293. The predicted octanol–water partition coefficient (Wildman–Crippen LogP) is 21.4. The van der Waals surface area contributed by atoms with Crippen LogP contribution in [-0.2, 0) is 32.7 Å². The van der Waals surface area contributed by atoms with E-state index in [4.69, 9.17) is 18.5 Å². The predicted molar refractivity (Wildman–Crippen MR) is 342 cm³/mol. The van der Waals surface area contributed by atoms with Crippen molar-refractivity contribution in [3.8, 4) is 0 Å². The largest absolute Gasteiger partial charge is 0.756 e. The third-order valence-corrected chi connectivity index (χ3v) is 16.3. The molecule has 0 aromatic heterocycles. The third kappa shape index (κ3) is 65.1. The number of hydrogen-bond donors (Lipinski definition) is 0. The van der Waals surface area contributed by atoms with Crippen molar-refractivity contribution in [1.82, 2.24) is 0 Å². The van der Waals surface area contributed by atoms with Gasteiger partial charge in [-0.3, -0.25) is 14.2 Å². The Bertz CT molecular complexity index is 1490. The smallest absolute Gasteiger partial charge is 0.306 e. The Hall–Kier alpha value is -2.03. The Kier molecular flexibility index (Phi) is 60.0. The zero-order chi connectivity index (χ0) is 58.4. The number of allylic oxidation sites excluding steroid dienone is 8. The van der Waals surface area contributed by atoms with Crippen LogP contribution in [0.5, 0.6) is 0 Å². The SMILES string of the molecule is CCCCCCC/C=C\C/C=C\C/C=C\CCCCCCCCCCCCCCCCCCCCCCCCC(=O)OC(COC(=O)CCCCCCCCCCC/C=C\CCCCCCCC)COP(=O)([O-])OCC[N+](C)(C)C. The first-order valence-corrected chi connectivity index (χ1v) is 35.8. The molecule has 2 unspecified atom stereocenters. The molecule has 0 aromatic rings. The molecule has 2 atom stereocenters. The fraction of sp³-hybridized carbons (Fsp3) is 0.857. The van der Waals surface area contributed by atoms with Crippen molar-refractivity contribution >= 4 is 19.8 Å². The number of quaternary nitrogens is 1. The second-order valence-corrected chi connectivity index (χ2v) is 25.9. The van der Waals surface area contributed by atoms with Crippen LogP contribution < -0.4 is 4.89 Å². The van der Waals surface area contributed by atoms with Gasteiger partial charge in [-0.05, 0) is 77.0 Å². The van der Waals surface area contributed by atoms with Crippen LogP contribution in [0.3, 0.4) is 0 Å². The molecule has 0 heterocycles. The van der Waals surface area contributed by atoms with Crippen molar-refractivity contribution in [3.63, 3.8) is 0 Å². The van der Waals surface area contributed by atoms with Crippen LogP contribution >= 0.6 is 7.82 Å². The summed E-state index contributed by atoms with van der Waals surface area (Å²) >= 11 is 0. The van der Waals surface area contributed by atoms with Crippen molar-refractivity contribution < 1.29 is 42.1 Å². The number of rotatable bonds is 64. The molecule has 0 bridgehead atoms. The molecule has 0 spiro atoms. The van der Waals surface area contributed by atoms with Crippen molar-refractivity contribution in [2.45, 2.75) is 341 Å². The second kappa shape index (κ2) is 61.5. The summed E-state index contributed by atoms with van der Waals surface area (Å²) in [4.78, 5) is 38.0. The number of nitrogens with zero attached hydrogens (tertiary/aromatic N) is 1. The maximum Gasteiger partial charge on any atom is 0.306 e. The number of likely N-dealkylation sites (N-methyl/N-ethyl adjacent to an activating group) is 1. The number of carbonyl (C=O) groups is 2. The summed E-state index contributed by atoms with van der Waals surface area (Å²) in [5, 5.41) is 0. The normalized spacial score (nSPS) is 13.4. The van der Waals surface area contributed by atoms with Crippen molar-refractivity contribution in [2.24, 2.45) is 0 Å². The molecule has 9 nitrogen and oxygen atoms in total. The van der Waals surface area contributed by atoms with Crippen molar-refractivity contribution in [3.05, 3.63) is 48.6 Å². The molecule has 0 saturated heterocycles. The Morgan fingerprint density at radius 1 is 0.388 bits per heavy atom. The molecule has 0 aliphatic rings. The van der Waals surface area contributed by atoms with E-state index in [-0.39, 0.29) is 32.0 Å². The average Bonchev–Trinajstić information content (AvgIpc) is 3.42. The van der Waals surface area contributed by atoms with E-state index in [0.29, 0.717) is 17.4 Å². The van der Waals surface area contributed by atoms with Gasteiger partial charge in [0, 0.05) is 12.8 Å². The molecular formula is C70H132NO8P. The van der Waals surface area contributed by atoms with Crippen LogP contribution in [0.2, 0.25) is 0 Å². The highest BCUT2D eigenvalue weighted by Gasteiger charge is 2.22. The fourth-order valence-corrected chi connectivity index (χ4v) is 10.7. The van der Waals surface area contributed by atoms with Crippen LogP contribution in [0.25, 0.3) is 0 Å². The first-order valence-electron chi connectivity index (χ1n) is 34.3. The lowest BCUT2D eigenvalue weighted by Gasteiger charge is -2.28. The van der Waals surface area contributed by atoms with Gasteiger partial charge in [0.1, 0.15) is 19.8 Å². The lowest BCUT2D eigenvalue weighted by molar-refractivity contribution is -0.870. The Morgan fingerprint density at radius 2 is 0.675 bits per heavy atom. The van der Waals surface area contributed by atoms with Gasteiger partial charge < -0.3 is 27.9 Å². The van der Waals surface area contributed by atoms with Gasteiger partial charge in [-0.15, -0.1) is 0 Å². The van der Waals surface area contributed by atoms with Crippen molar-refractivity contribution in [2.75, 3.05) is 47.5 Å². The molecule has 0 aliphatic heterocycles. The topological polar surface area (TPSA) is 111 Å². The fourth-order valence-electron chi connectivity index (χ4n) is 10.0. The van der Waals surface area contributed by atoms with Gasteiger partial charge in [0.2, 0.25) is 0 Å². The molecule has 80 heavy (non-hydrogen) atoms. The maximum absolute atomic E-state index is 12.8. The van der Waals surface area contributed by atoms with Crippen LogP contribution in [0.4, 0.5) is 0 Å². The minimum atomic E-state index is -4.64. The molecule has 0 rings (SSSR count). The molecular weight excluding hydrogens is 1010 g/mol. The highest BCUT2D eigenvalue weighted by molar-refractivity contribution is 7.45. The molecule has 0 amide bonds. The van der Waals surface area contributed by atoms with E-state index in [1.807, 2.05) is 21.1 Å². The first kappa shape index (κ1) is 78.0. The van der Waals surface area contributed by atoms with Gasteiger partial charge in [0.05, 0.1) is 27.7 Å². The number of phosphoric ester groups is 1. The summed E-state index contributed by atoms with van der Waals surface area (Å²) in [5.41, 5.74) is 0. The standard InChI is InChI=1S/C70H132NO8P/c1-6-8-10-12-14-16-18-20-22-24-26-27-28-29-30-31-32-33-34-35-36-37-38-39-40-41-42-43-45-47-49-51-53-55-57-59-61-63-70(73)79-68(67-78-80(74,75)77-65-64-71(3,4)5)66-76-69(72)62-60-58-56-54-52-50-48-46-44-25-23-21-19-17-15-13-11-9-7-2/h18,20-21,23-24,26,28-29,68H,6-17,19,22,25,27,30-67H2,1-5H3/b20-18-,23-21-,26-24-,29-28-. The van der Waals surface area contributed by atoms with Gasteiger partial charge in [-0.25, -0.2) is 0 Å². The van der Waals surface area contributed by atoms with Crippen LogP contribution in [0.15, 0.2) is 48.6 Å². The molecule has 0 radical (unpaired) electrons. The highest BCUT2D eigenvalue weighted by Crippen LogP contribution is 2.38.